The summed E-state index contributed by atoms with van der Waals surface area (Å²) in [5, 5.41) is 9.05. The van der Waals surface area contributed by atoms with E-state index in [4.69, 9.17) is 9.84 Å². The highest BCUT2D eigenvalue weighted by Crippen LogP contribution is 2.14. The van der Waals surface area contributed by atoms with Crippen LogP contribution in [0.15, 0.2) is 18.3 Å². The Morgan fingerprint density at radius 3 is 3.00 bits per heavy atom. The summed E-state index contributed by atoms with van der Waals surface area (Å²) in [4.78, 5) is 28.6. The molecule has 0 bridgehead atoms. The molecule has 1 saturated heterocycles. The van der Waals surface area contributed by atoms with E-state index in [9.17, 15) is 9.59 Å². The van der Waals surface area contributed by atoms with Gasteiger partial charge < -0.3 is 14.7 Å². The molecule has 0 spiro atoms. The second-order valence-corrected chi connectivity index (χ2v) is 4.53. The van der Waals surface area contributed by atoms with Crippen LogP contribution in [-0.2, 0) is 4.74 Å². The Morgan fingerprint density at radius 1 is 1.58 bits per heavy atom. The van der Waals surface area contributed by atoms with Crippen molar-refractivity contribution in [3.8, 4) is 0 Å². The van der Waals surface area contributed by atoms with Gasteiger partial charge in [-0.15, -0.1) is 0 Å². The van der Waals surface area contributed by atoms with E-state index in [1.807, 2.05) is 0 Å². The number of nitrogens with zero attached hydrogens (tertiary/aromatic N) is 2. The van der Waals surface area contributed by atoms with Crippen LogP contribution in [0.2, 0.25) is 0 Å². The van der Waals surface area contributed by atoms with Gasteiger partial charge in [-0.2, -0.15) is 0 Å². The number of aromatic carboxylic acids is 1. The van der Waals surface area contributed by atoms with E-state index in [-0.39, 0.29) is 17.4 Å². The number of pyridine rings is 1. The average molecular weight is 264 g/mol. The number of amides is 1. The van der Waals surface area contributed by atoms with Crippen LogP contribution >= 0.6 is 0 Å². The van der Waals surface area contributed by atoms with Crippen LogP contribution in [0.1, 0.15) is 33.7 Å². The molecule has 6 nitrogen and oxygen atoms in total. The normalized spacial score (nSPS) is 18.3. The molecule has 1 unspecified atom stereocenters. The maximum atomic E-state index is 12.2. The van der Waals surface area contributed by atoms with Crippen LogP contribution in [0.5, 0.6) is 0 Å². The minimum Gasteiger partial charge on any atom is -0.478 e. The van der Waals surface area contributed by atoms with Crippen LogP contribution in [0.4, 0.5) is 0 Å². The fourth-order valence-electron chi connectivity index (χ4n) is 2.11. The third kappa shape index (κ3) is 3.08. The summed E-state index contributed by atoms with van der Waals surface area (Å²) < 4.78 is 5.46. The molecule has 1 aliphatic heterocycles. The summed E-state index contributed by atoms with van der Waals surface area (Å²) in [7, 11) is 1.63. The van der Waals surface area contributed by atoms with Gasteiger partial charge in [-0.05, 0) is 25.0 Å². The summed E-state index contributed by atoms with van der Waals surface area (Å²) in [6.45, 7) is 1.17. The molecule has 1 aliphatic rings. The van der Waals surface area contributed by atoms with Gasteiger partial charge in [0.15, 0.2) is 0 Å². The molecule has 102 valence electrons. The number of carbonyl (C=O) groups is 2. The quantitative estimate of drug-likeness (QED) is 0.878. The molecule has 1 fully saturated rings. The van der Waals surface area contributed by atoms with E-state index < -0.39 is 11.9 Å². The molecule has 2 heterocycles. The Bertz CT molecular complexity index is 483. The summed E-state index contributed by atoms with van der Waals surface area (Å²) >= 11 is 0. The van der Waals surface area contributed by atoms with Crippen molar-refractivity contribution in [3.63, 3.8) is 0 Å². The van der Waals surface area contributed by atoms with Gasteiger partial charge in [-0.25, -0.2) is 4.79 Å². The van der Waals surface area contributed by atoms with Gasteiger partial charge >= 0.3 is 5.97 Å². The van der Waals surface area contributed by atoms with E-state index in [2.05, 4.69) is 4.98 Å². The fourth-order valence-corrected chi connectivity index (χ4v) is 2.11. The number of likely N-dealkylation sites (N-methyl/N-ethyl adjacent to an activating group) is 1. The van der Waals surface area contributed by atoms with Gasteiger partial charge in [-0.3, -0.25) is 9.78 Å². The van der Waals surface area contributed by atoms with Crippen LogP contribution in [-0.4, -0.2) is 53.2 Å². The zero-order chi connectivity index (χ0) is 13.8. The summed E-state index contributed by atoms with van der Waals surface area (Å²) in [6.07, 6.45) is 3.37. The number of carboxylic acid groups (broad SMARTS) is 1. The first-order chi connectivity index (χ1) is 9.09. The Labute approximate surface area is 111 Å². The van der Waals surface area contributed by atoms with Crippen LogP contribution in [0.25, 0.3) is 0 Å². The topological polar surface area (TPSA) is 79.7 Å². The fraction of sp³-hybridized carbons (Fsp3) is 0.462. The van der Waals surface area contributed by atoms with Crippen molar-refractivity contribution >= 4 is 11.9 Å². The molecule has 0 aliphatic carbocycles. The smallest absolute Gasteiger partial charge is 0.338 e. The molecule has 19 heavy (non-hydrogen) atoms. The van der Waals surface area contributed by atoms with Gasteiger partial charge in [0.25, 0.3) is 5.91 Å². The van der Waals surface area contributed by atoms with Crippen molar-refractivity contribution in [1.82, 2.24) is 9.88 Å². The lowest BCUT2D eigenvalue weighted by atomic mass is 10.1. The molecule has 1 aromatic rings. The zero-order valence-electron chi connectivity index (χ0n) is 10.7. The molecule has 1 aromatic heterocycles. The van der Waals surface area contributed by atoms with Gasteiger partial charge in [0.1, 0.15) is 5.69 Å². The summed E-state index contributed by atoms with van der Waals surface area (Å²) in [5.41, 5.74) is -0.109. The number of aromatic nitrogens is 1. The highest BCUT2D eigenvalue weighted by atomic mass is 16.5. The van der Waals surface area contributed by atoms with Crippen molar-refractivity contribution < 1.29 is 19.4 Å². The number of ether oxygens (including phenoxy) is 1. The monoisotopic (exact) mass is 264 g/mol. The van der Waals surface area contributed by atoms with Crippen LogP contribution < -0.4 is 0 Å². The Morgan fingerprint density at radius 2 is 2.37 bits per heavy atom. The number of hydrogen-bond acceptors (Lipinski definition) is 4. The summed E-state index contributed by atoms with van der Waals surface area (Å²) in [6, 6.07) is 2.88. The van der Waals surface area contributed by atoms with Crippen molar-refractivity contribution in [2.45, 2.75) is 18.9 Å². The van der Waals surface area contributed by atoms with Crippen molar-refractivity contribution in [2.75, 3.05) is 20.2 Å². The van der Waals surface area contributed by atoms with Gasteiger partial charge in [-0.1, -0.05) is 0 Å². The van der Waals surface area contributed by atoms with Gasteiger partial charge in [0.2, 0.25) is 0 Å². The Balaban J connectivity index is 2.12. The molecular weight excluding hydrogens is 248 g/mol. The maximum absolute atomic E-state index is 12.2. The standard InChI is InChI=1S/C13H16N2O4/c1-15(8-9-4-3-7-19-9)12(16)11-10(13(17)18)5-2-6-14-11/h2,5-6,9H,3-4,7-8H2,1H3,(H,17,18). The zero-order valence-corrected chi connectivity index (χ0v) is 10.7. The van der Waals surface area contributed by atoms with E-state index in [1.165, 1.54) is 23.2 Å². The average Bonchev–Trinajstić information content (AvgIpc) is 2.90. The Hall–Kier alpha value is -1.95. The van der Waals surface area contributed by atoms with E-state index in [0.717, 1.165) is 19.4 Å². The first kappa shape index (κ1) is 13.5. The molecule has 0 saturated carbocycles. The molecule has 1 amide bonds. The highest BCUT2D eigenvalue weighted by molar-refractivity contribution is 6.03. The maximum Gasteiger partial charge on any atom is 0.338 e. The molecule has 1 N–H and O–H groups in total. The molecule has 0 aromatic carbocycles. The van der Waals surface area contributed by atoms with E-state index in [0.29, 0.717) is 6.54 Å². The Kier molecular flexibility index (Phi) is 4.11. The molecule has 1 atom stereocenters. The highest BCUT2D eigenvalue weighted by Gasteiger charge is 2.24. The minimum atomic E-state index is -1.15. The lowest BCUT2D eigenvalue weighted by Crippen LogP contribution is -2.35. The molecule has 2 rings (SSSR count). The number of carboxylic acids is 1. The van der Waals surface area contributed by atoms with E-state index >= 15 is 0 Å². The number of hydrogen-bond donors (Lipinski definition) is 1. The first-order valence-electron chi connectivity index (χ1n) is 6.15. The second kappa shape index (κ2) is 5.79. The third-order valence-corrected chi connectivity index (χ3v) is 3.09. The van der Waals surface area contributed by atoms with Crippen LogP contribution in [0.3, 0.4) is 0 Å². The first-order valence-corrected chi connectivity index (χ1v) is 6.15. The second-order valence-electron chi connectivity index (χ2n) is 4.53. The molecular formula is C13H16N2O4. The van der Waals surface area contributed by atoms with Crippen LogP contribution in [0, 0.1) is 0 Å². The van der Waals surface area contributed by atoms with Gasteiger partial charge in [0, 0.05) is 26.4 Å². The summed E-state index contributed by atoms with van der Waals surface area (Å²) in [5.74, 6) is -1.55. The molecule has 0 radical (unpaired) electrons. The van der Waals surface area contributed by atoms with Crippen molar-refractivity contribution in [3.05, 3.63) is 29.6 Å². The largest absolute Gasteiger partial charge is 0.478 e. The third-order valence-electron chi connectivity index (χ3n) is 3.09. The SMILES string of the molecule is CN(CC1CCCO1)C(=O)c1ncccc1C(=O)O. The van der Waals surface area contributed by atoms with E-state index in [1.54, 1.807) is 7.05 Å². The number of rotatable bonds is 4. The lowest BCUT2D eigenvalue weighted by molar-refractivity contribution is 0.0573. The van der Waals surface area contributed by atoms with Gasteiger partial charge in [0.05, 0.1) is 11.7 Å². The number of carbonyl (C=O) groups excluding carboxylic acids is 1. The predicted octanol–water partition coefficient (Wildman–Crippen LogP) is 1.03. The van der Waals surface area contributed by atoms with Crippen molar-refractivity contribution in [2.24, 2.45) is 0 Å². The minimum absolute atomic E-state index is 0.0319. The van der Waals surface area contributed by atoms with Crippen molar-refractivity contribution in [1.29, 1.82) is 0 Å². The lowest BCUT2D eigenvalue weighted by Gasteiger charge is -2.20. The predicted molar refractivity (Wildman–Crippen MR) is 67.1 cm³/mol. The molecule has 6 heteroatoms.